The van der Waals surface area contributed by atoms with Gasteiger partial charge in [0.1, 0.15) is 24.2 Å². The topological polar surface area (TPSA) is 75.2 Å². The second-order valence-corrected chi connectivity index (χ2v) is 5.84. The molecule has 1 heterocycles. The molecule has 1 N–H and O–H groups in total. The highest BCUT2D eigenvalue weighted by Crippen LogP contribution is 2.30. The number of allylic oxidation sites excluding steroid dienone is 5. The molecule has 0 unspecified atom stereocenters. The summed E-state index contributed by atoms with van der Waals surface area (Å²) in [6, 6.07) is 8.04. The van der Waals surface area contributed by atoms with E-state index in [-0.39, 0.29) is 0 Å². The third-order valence-corrected chi connectivity index (χ3v) is 3.73. The molecule has 0 bridgehead atoms. The van der Waals surface area contributed by atoms with E-state index in [1.165, 1.54) is 12.2 Å². The minimum Gasteiger partial charge on any atom is -0.388 e. The molecule has 0 radical (unpaired) electrons. The van der Waals surface area contributed by atoms with Crippen molar-refractivity contribution in [3.63, 3.8) is 0 Å². The summed E-state index contributed by atoms with van der Waals surface area (Å²) >= 11 is 0. The lowest BCUT2D eigenvalue weighted by Gasteiger charge is -2.22. The predicted molar refractivity (Wildman–Crippen MR) is 139 cm³/mol. The fourth-order valence-electron chi connectivity index (χ4n) is 2.18. The molecule has 6 nitrogen and oxygen atoms in total. The van der Waals surface area contributed by atoms with Crippen molar-refractivity contribution in [3.8, 4) is 0 Å². The van der Waals surface area contributed by atoms with Crippen LogP contribution in [-0.4, -0.2) is 36.6 Å². The van der Waals surface area contributed by atoms with E-state index in [1.54, 1.807) is 18.3 Å². The smallest absolute Gasteiger partial charge is 0.144 e. The number of rotatable bonds is 7. The SMILES string of the molecule is C=CC=C.C=CC=O.CC.CNc1cccc(N(C)c2nc(C)ncc2/C(C)=C\C=O)c1. The van der Waals surface area contributed by atoms with Crippen molar-refractivity contribution in [1.82, 2.24) is 9.97 Å². The molecule has 0 spiro atoms. The molecule has 2 rings (SSSR count). The number of carbonyl (C=O) groups excluding carboxylic acids is 2. The number of nitrogens with one attached hydrogen (secondary N) is 1. The number of aryl methyl sites for hydroxylation is 1. The van der Waals surface area contributed by atoms with E-state index in [1.807, 2.05) is 71.0 Å². The standard InChI is InChI=1S/C17H20N4O.C4H6.C3H4O.C2H6/c1-12(8-9-22)16-11-19-13(2)20-17(16)21(4)15-7-5-6-14(10-15)18-3;1-3-4-2;1-2-3-4;1-2/h5-11,18H,1-4H3;3-4H,1-2H2;2-3H,1H2;1-2H3/b12-8-;;;. The molecule has 0 saturated carbocycles. The summed E-state index contributed by atoms with van der Waals surface area (Å²) in [5, 5.41) is 3.13. The van der Waals surface area contributed by atoms with E-state index in [2.05, 4.69) is 35.0 Å². The molecule has 32 heavy (non-hydrogen) atoms. The molecule has 172 valence electrons. The Balaban J connectivity index is 0. The highest BCUT2D eigenvalue weighted by Gasteiger charge is 2.14. The molecule has 0 amide bonds. The molecule has 0 aliphatic heterocycles. The minimum absolute atomic E-state index is 0.639. The summed E-state index contributed by atoms with van der Waals surface area (Å²) in [6.45, 7) is 17.6. The number of aromatic nitrogens is 2. The number of carbonyl (C=O) groups is 2. The first-order valence-corrected chi connectivity index (χ1v) is 10.2. The molecule has 0 aliphatic carbocycles. The summed E-state index contributed by atoms with van der Waals surface area (Å²) in [7, 11) is 3.84. The van der Waals surface area contributed by atoms with Crippen molar-refractivity contribution >= 4 is 35.3 Å². The van der Waals surface area contributed by atoms with Gasteiger partial charge in [-0.1, -0.05) is 51.8 Å². The zero-order valence-corrected chi connectivity index (χ0v) is 20.1. The minimum atomic E-state index is 0.639. The fourth-order valence-corrected chi connectivity index (χ4v) is 2.18. The summed E-state index contributed by atoms with van der Waals surface area (Å²) in [4.78, 5) is 30.6. The van der Waals surface area contributed by atoms with Gasteiger partial charge in [-0.2, -0.15) is 0 Å². The van der Waals surface area contributed by atoms with Crippen LogP contribution in [0.4, 0.5) is 17.2 Å². The number of nitrogens with zero attached hydrogens (tertiary/aromatic N) is 3. The van der Waals surface area contributed by atoms with Crippen molar-refractivity contribution in [2.45, 2.75) is 27.7 Å². The van der Waals surface area contributed by atoms with Gasteiger partial charge in [-0.15, -0.1) is 0 Å². The Kier molecular flexibility index (Phi) is 18.2. The van der Waals surface area contributed by atoms with Gasteiger partial charge in [0, 0.05) is 37.2 Å². The van der Waals surface area contributed by atoms with Gasteiger partial charge < -0.3 is 10.2 Å². The summed E-state index contributed by atoms with van der Waals surface area (Å²) in [6.07, 6.45) is 9.17. The quantitative estimate of drug-likeness (QED) is 0.328. The van der Waals surface area contributed by atoms with Gasteiger partial charge in [0.05, 0.1) is 0 Å². The predicted octanol–water partition coefficient (Wildman–Crippen LogP) is 5.95. The Hall–Kier alpha value is -3.80. The largest absolute Gasteiger partial charge is 0.388 e. The van der Waals surface area contributed by atoms with Crippen molar-refractivity contribution in [2.24, 2.45) is 0 Å². The first-order chi connectivity index (χ1) is 15.4. The number of anilines is 3. The second-order valence-electron chi connectivity index (χ2n) is 5.84. The first-order valence-electron chi connectivity index (χ1n) is 10.2. The molecule has 2 aromatic rings. The lowest BCUT2D eigenvalue weighted by molar-refractivity contribution is -0.104. The van der Waals surface area contributed by atoms with Crippen LogP contribution < -0.4 is 10.2 Å². The maximum absolute atomic E-state index is 10.8. The van der Waals surface area contributed by atoms with Crippen LogP contribution in [0, 0.1) is 6.92 Å². The third-order valence-electron chi connectivity index (χ3n) is 3.73. The third kappa shape index (κ3) is 11.4. The van der Waals surface area contributed by atoms with Crippen LogP contribution >= 0.6 is 0 Å². The average molecular weight is 437 g/mol. The van der Waals surface area contributed by atoms with Crippen LogP contribution in [0.2, 0.25) is 0 Å². The van der Waals surface area contributed by atoms with Crippen molar-refractivity contribution < 1.29 is 9.59 Å². The van der Waals surface area contributed by atoms with Gasteiger partial charge in [0.25, 0.3) is 0 Å². The van der Waals surface area contributed by atoms with Crippen LogP contribution in [0.3, 0.4) is 0 Å². The molecule has 1 aromatic carbocycles. The lowest BCUT2D eigenvalue weighted by atomic mass is 10.1. The van der Waals surface area contributed by atoms with Crippen LogP contribution in [0.5, 0.6) is 0 Å². The lowest BCUT2D eigenvalue weighted by Crippen LogP contribution is -2.14. The zero-order chi connectivity index (χ0) is 24.9. The van der Waals surface area contributed by atoms with E-state index in [4.69, 9.17) is 4.79 Å². The van der Waals surface area contributed by atoms with E-state index in [0.717, 1.165) is 34.6 Å². The maximum atomic E-state index is 10.8. The molecule has 1 aromatic heterocycles. The van der Waals surface area contributed by atoms with Gasteiger partial charge in [-0.05, 0) is 49.8 Å². The number of hydrogen-bond donors (Lipinski definition) is 1. The summed E-state index contributed by atoms with van der Waals surface area (Å²) in [5.74, 6) is 1.46. The highest BCUT2D eigenvalue weighted by molar-refractivity contribution is 5.85. The second kappa shape index (κ2) is 19.2. The van der Waals surface area contributed by atoms with Crippen molar-refractivity contribution in [3.05, 3.63) is 85.9 Å². The van der Waals surface area contributed by atoms with Gasteiger partial charge in [-0.25, -0.2) is 9.97 Å². The number of aldehydes is 2. The van der Waals surface area contributed by atoms with E-state index >= 15 is 0 Å². The number of hydrogen-bond acceptors (Lipinski definition) is 6. The summed E-state index contributed by atoms with van der Waals surface area (Å²) < 4.78 is 0. The van der Waals surface area contributed by atoms with Gasteiger partial charge in [0.15, 0.2) is 0 Å². The molecule has 0 fully saturated rings. The van der Waals surface area contributed by atoms with E-state index < -0.39 is 0 Å². The van der Waals surface area contributed by atoms with Crippen LogP contribution in [0.1, 0.15) is 32.2 Å². The fraction of sp³-hybridized carbons (Fsp3) is 0.231. The maximum Gasteiger partial charge on any atom is 0.144 e. The van der Waals surface area contributed by atoms with Crippen LogP contribution in [0.25, 0.3) is 5.57 Å². The molecule has 6 heteroatoms. The monoisotopic (exact) mass is 436 g/mol. The van der Waals surface area contributed by atoms with E-state index in [9.17, 15) is 4.79 Å². The number of benzene rings is 1. The molecular weight excluding hydrogens is 400 g/mol. The Morgan fingerprint density at radius 2 is 1.66 bits per heavy atom. The Morgan fingerprint density at radius 3 is 2.12 bits per heavy atom. The highest BCUT2D eigenvalue weighted by atomic mass is 16.1. The zero-order valence-electron chi connectivity index (χ0n) is 20.1. The van der Waals surface area contributed by atoms with Gasteiger partial charge >= 0.3 is 0 Å². The molecule has 0 aliphatic rings. The normalized spacial score (nSPS) is 9.12. The molecule has 0 saturated heterocycles. The molecule has 0 atom stereocenters. The van der Waals surface area contributed by atoms with Crippen molar-refractivity contribution in [1.29, 1.82) is 0 Å². The molecular formula is C26H36N4O2. The van der Waals surface area contributed by atoms with Crippen LogP contribution in [0.15, 0.2) is 74.5 Å². The van der Waals surface area contributed by atoms with E-state index in [0.29, 0.717) is 12.1 Å². The van der Waals surface area contributed by atoms with Crippen molar-refractivity contribution in [2.75, 3.05) is 24.3 Å². The first kappa shape index (κ1) is 30.4. The van der Waals surface area contributed by atoms with Crippen LogP contribution in [-0.2, 0) is 9.59 Å². The van der Waals surface area contributed by atoms with Gasteiger partial charge in [-0.3, -0.25) is 9.59 Å². The Labute approximate surface area is 193 Å². The average Bonchev–Trinajstić information content (AvgIpc) is 2.85. The summed E-state index contributed by atoms with van der Waals surface area (Å²) in [5.41, 5.74) is 3.71. The Morgan fingerprint density at radius 1 is 1.06 bits per heavy atom. The van der Waals surface area contributed by atoms with Gasteiger partial charge in [0.2, 0.25) is 0 Å². The Bertz CT molecular complexity index is 865.